The van der Waals surface area contributed by atoms with Crippen LogP contribution in [0, 0.1) is 4.91 Å². The van der Waals surface area contributed by atoms with Gasteiger partial charge in [-0.1, -0.05) is 17.7 Å². The summed E-state index contributed by atoms with van der Waals surface area (Å²) in [5.74, 6) is -1.24. The SMILES string of the molecule is O.O=Nc1ccc(/C=N/NC(=O)CNC(=O)c2ccc(Cl)cc2)cc1O. The van der Waals surface area contributed by atoms with Crippen LogP contribution in [0.2, 0.25) is 5.02 Å². The second-order valence-corrected chi connectivity index (χ2v) is 5.26. The van der Waals surface area contributed by atoms with E-state index in [0.29, 0.717) is 16.1 Å². The number of carbonyl (C=O) groups is 2. The van der Waals surface area contributed by atoms with Gasteiger partial charge in [0, 0.05) is 10.6 Å². The Bertz CT molecular complexity index is 824. The fourth-order valence-electron chi connectivity index (χ4n) is 1.78. The molecule has 0 unspecified atom stereocenters. The van der Waals surface area contributed by atoms with Crippen LogP contribution < -0.4 is 10.7 Å². The molecule has 0 saturated heterocycles. The maximum absolute atomic E-state index is 11.8. The highest BCUT2D eigenvalue weighted by Crippen LogP contribution is 2.25. The summed E-state index contributed by atoms with van der Waals surface area (Å²) in [6.07, 6.45) is 1.27. The van der Waals surface area contributed by atoms with Crippen LogP contribution in [0.4, 0.5) is 5.69 Å². The second kappa shape index (κ2) is 9.87. The van der Waals surface area contributed by atoms with Crippen LogP contribution in [-0.4, -0.2) is 35.2 Å². The molecule has 9 nitrogen and oxygen atoms in total. The van der Waals surface area contributed by atoms with Crippen LogP contribution in [0.15, 0.2) is 52.7 Å². The number of benzene rings is 2. The summed E-state index contributed by atoms with van der Waals surface area (Å²) < 4.78 is 0. The number of carbonyl (C=O) groups excluding carboxylic acids is 2. The molecule has 2 aromatic carbocycles. The molecule has 2 aromatic rings. The van der Waals surface area contributed by atoms with E-state index in [1.54, 1.807) is 12.1 Å². The summed E-state index contributed by atoms with van der Waals surface area (Å²) in [5, 5.41) is 18.7. The number of phenols is 1. The van der Waals surface area contributed by atoms with Crippen molar-refractivity contribution in [2.75, 3.05) is 6.54 Å². The highest BCUT2D eigenvalue weighted by molar-refractivity contribution is 6.30. The number of hydrazone groups is 1. The van der Waals surface area contributed by atoms with E-state index in [1.807, 2.05) is 0 Å². The minimum Gasteiger partial charge on any atom is -0.506 e. The van der Waals surface area contributed by atoms with E-state index >= 15 is 0 Å². The van der Waals surface area contributed by atoms with Gasteiger partial charge >= 0.3 is 0 Å². The average molecular weight is 379 g/mol. The summed E-state index contributed by atoms with van der Waals surface area (Å²) >= 11 is 5.73. The Hall–Kier alpha value is -3.30. The molecule has 10 heteroatoms. The van der Waals surface area contributed by atoms with Crippen LogP contribution in [0.5, 0.6) is 5.75 Å². The van der Waals surface area contributed by atoms with E-state index in [2.05, 4.69) is 21.0 Å². The topological polar surface area (TPSA) is 152 Å². The number of nitrogens with one attached hydrogen (secondary N) is 2. The number of phenolic OH excluding ortho intramolecular Hbond substituents is 1. The first-order chi connectivity index (χ1) is 12.0. The largest absolute Gasteiger partial charge is 0.506 e. The Kier molecular flexibility index (Phi) is 7.87. The second-order valence-electron chi connectivity index (χ2n) is 4.82. The summed E-state index contributed by atoms with van der Waals surface area (Å²) in [5.41, 5.74) is 2.96. The van der Waals surface area contributed by atoms with Crippen molar-refractivity contribution in [3.8, 4) is 5.75 Å². The molecule has 0 spiro atoms. The molecule has 0 fully saturated rings. The van der Waals surface area contributed by atoms with Crippen molar-refractivity contribution in [2.24, 2.45) is 10.3 Å². The van der Waals surface area contributed by atoms with Gasteiger partial charge in [0.25, 0.3) is 11.8 Å². The number of nitrogens with zero attached hydrogens (tertiary/aromatic N) is 2. The number of rotatable bonds is 6. The standard InChI is InChI=1S/C16H13ClN4O4.H2O/c17-12-4-2-11(3-5-12)16(24)18-9-15(23)20-19-8-10-1-6-13(21-25)14(22)7-10;/h1-8,22H,9H2,(H,18,24)(H,20,23);1H2/b19-8+;. The normalized spacial score (nSPS) is 10.0. The van der Waals surface area contributed by atoms with E-state index in [1.165, 1.54) is 36.5 Å². The molecule has 0 atom stereocenters. The number of amides is 2. The highest BCUT2D eigenvalue weighted by Gasteiger charge is 2.07. The molecule has 0 saturated carbocycles. The third-order valence-electron chi connectivity index (χ3n) is 3.02. The van der Waals surface area contributed by atoms with Crippen molar-refractivity contribution < 1.29 is 20.2 Å². The quantitative estimate of drug-likeness (QED) is 0.396. The molecule has 2 rings (SSSR count). The molecule has 0 bridgehead atoms. The zero-order chi connectivity index (χ0) is 18.2. The molecule has 0 aliphatic rings. The van der Waals surface area contributed by atoms with E-state index in [0.717, 1.165) is 0 Å². The third-order valence-corrected chi connectivity index (χ3v) is 3.27. The molecule has 26 heavy (non-hydrogen) atoms. The van der Waals surface area contributed by atoms with Gasteiger partial charge in [-0.05, 0) is 47.1 Å². The molecule has 2 amide bonds. The smallest absolute Gasteiger partial charge is 0.259 e. The molecule has 0 aromatic heterocycles. The zero-order valence-electron chi connectivity index (χ0n) is 13.3. The number of hydrogen-bond acceptors (Lipinski definition) is 6. The molecular weight excluding hydrogens is 364 g/mol. The lowest BCUT2D eigenvalue weighted by atomic mass is 10.2. The first kappa shape index (κ1) is 20.7. The van der Waals surface area contributed by atoms with E-state index in [4.69, 9.17) is 11.6 Å². The van der Waals surface area contributed by atoms with Gasteiger partial charge in [0.2, 0.25) is 0 Å². The number of aromatic hydroxyl groups is 1. The van der Waals surface area contributed by atoms with Crippen LogP contribution in [0.25, 0.3) is 0 Å². The van der Waals surface area contributed by atoms with Crippen molar-refractivity contribution in [2.45, 2.75) is 0 Å². The maximum atomic E-state index is 11.8. The Morgan fingerprint density at radius 3 is 2.46 bits per heavy atom. The van der Waals surface area contributed by atoms with E-state index in [-0.39, 0.29) is 23.5 Å². The van der Waals surface area contributed by atoms with Crippen LogP contribution >= 0.6 is 11.6 Å². The summed E-state index contributed by atoms with van der Waals surface area (Å²) in [6.45, 7) is -0.266. The summed E-state index contributed by atoms with van der Waals surface area (Å²) in [4.78, 5) is 33.8. The van der Waals surface area contributed by atoms with Gasteiger partial charge in [-0.2, -0.15) is 5.10 Å². The summed E-state index contributed by atoms with van der Waals surface area (Å²) in [7, 11) is 0. The van der Waals surface area contributed by atoms with Gasteiger partial charge in [-0.15, -0.1) is 4.91 Å². The molecular formula is C16H15ClN4O5. The van der Waals surface area contributed by atoms with E-state index < -0.39 is 11.8 Å². The lowest BCUT2D eigenvalue weighted by molar-refractivity contribution is -0.120. The predicted molar refractivity (Wildman–Crippen MR) is 96.7 cm³/mol. The van der Waals surface area contributed by atoms with Crippen molar-refractivity contribution in [1.82, 2.24) is 10.7 Å². The zero-order valence-corrected chi connectivity index (χ0v) is 14.0. The van der Waals surface area contributed by atoms with Gasteiger partial charge < -0.3 is 15.9 Å². The van der Waals surface area contributed by atoms with Crippen LogP contribution in [-0.2, 0) is 4.79 Å². The Balaban J connectivity index is 0.00000338. The third kappa shape index (κ3) is 5.96. The van der Waals surface area contributed by atoms with Gasteiger partial charge in [0.1, 0.15) is 11.4 Å². The van der Waals surface area contributed by atoms with Crippen molar-refractivity contribution in [3.05, 3.63) is 63.5 Å². The summed E-state index contributed by atoms with van der Waals surface area (Å²) in [6, 6.07) is 10.3. The van der Waals surface area contributed by atoms with Crippen LogP contribution in [0.1, 0.15) is 15.9 Å². The molecule has 136 valence electrons. The Labute approximate surface area is 153 Å². The number of halogens is 1. The van der Waals surface area contributed by atoms with Gasteiger partial charge in [-0.25, -0.2) is 5.43 Å². The molecule has 5 N–H and O–H groups in total. The number of hydrogen-bond donors (Lipinski definition) is 3. The van der Waals surface area contributed by atoms with Gasteiger partial charge in [0.15, 0.2) is 0 Å². The lowest BCUT2D eigenvalue weighted by Gasteiger charge is -2.04. The molecule has 0 heterocycles. The van der Waals surface area contributed by atoms with Crippen LogP contribution in [0.3, 0.4) is 0 Å². The van der Waals surface area contributed by atoms with Crippen molar-refractivity contribution >= 4 is 35.3 Å². The van der Waals surface area contributed by atoms with Crippen molar-refractivity contribution in [1.29, 1.82) is 0 Å². The lowest BCUT2D eigenvalue weighted by Crippen LogP contribution is -2.34. The molecule has 0 aliphatic heterocycles. The predicted octanol–water partition coefficient (Wildman–Crippen LogP) is 1.50. The molecule has 0 aliphatic carbocycles. The highest BCUT2D eigenvalue weighted by atomic mass is 35.5. The first-order valence-corrected chi connectivity index (χ1v) is 7.39. The van der Waals surface area contributed by atoms with Gasteiger partial charge in [0.05, 0.1) is 12.8 Å². The van der Waals surface area contributed by atoms with Crippen molar-refractivity contribution in [3.63, 3.8) is 0 Å². The maximum Gasteiger partial charge on any atom is 0.259 e. The average Bonchev–Trinajstić information content (AvgIpc) is 2.60. The molecule has 0 radical (unpaired) electrons. The fraction of sp³-hybridized carbons (Fsp3) is 0.0625. The minimum atomic E-state index is -0.533. The Morgan fingerprint density at radius 1 is 1.15 bits per heavy atom. The van der Waals surface area contributed by atoms with Gasteiger partial charge in [-0.3, -0.25) is 9.59 Å². The minimum absolute atomic E-state index is 0. The number of nitroso groups, excluding NO2 is 1. The Morgan fingerprint density at radius 2 is 1.85 bits per heavy atom. The monoisotopic (exact) mass is 378 g/mol. The van der Waals surface area contributed by atoms with E-state index in [9.17, 15) is 19.6 Å². The first-order valence-electron chi connectivity index (χ1n) is 7.01. The fourth-order valence-corrected chi connectivity index (χ4v) is 1.91.